The zero-order valence-corrected chi connectivity index (χ0v) is 10.3. The molecule has 0 saturated heterocycles. The van der Waals surface area contributed by atoms with Gasteiger partial charge in [0.05, 0.1) is 6.61 Å². The zero-order valence-electron chi connectivity index (χ0n) is 10.3. The van der Waals surface area contributed by atoms with Crippen LogP contribution in [0, 0.1) is 0 Å². The molecule has 4 N–H and O–H groups in total. The number of hydrogen-bond donors (Lipinski definition) is 3. The van der Waals surface area contributed by atoms with Gasteiger partial charge in [-0.3, -0.25) is 0 Å². The molecule has 0 aliphatic heterocycles. The van der Waals surface area contributed by atoms with Crippen molar-refractivity contribution in [2.24, 2.45) is 5.73 Å². The maximum Gasteiger partial charge on any atom is 0.407 e. The Morgan fingerprint density at radius 1 is 1.35 bits per heavy atom. The molecule has 0 unspecified atom stereocenters. The highest BCUT2D eigenvalue weighted by molar-refractivity contribution is 5.79. The summed E-state index contributed by atoms with van der Waals surface area (Å²) in [5.41, 5.74) is 5.28. The summed E-state index contributed by atoms with van der Waals surface area (Å²) in [6, 6.07) is -0.919. The fraction of sp³-hybridized carbons (Fsp3) is 0.818. The highest BCUT2D eigenvalue weighted by Crippen LogP contribution is 1.99. The van der Waals surface area contributed by atoms with Crippen molar-refractivity contribution in [3.8, 4) is 0 Å². The molecule has 0 bridgehead atoms. The largest absolute Gasteiger partial charge is 0.480 e. The summed E-state index contributed by atoms with van der Waals surface area (Å²) in [6.45, 7) is 2.77. The summed E-state index contributed by atoms with van der Waals surface area (Å²) in [6.07, 6.45) is 3.01. The number of nitrogens with one attached hydrogen (secondary N) is 1. The fourth-order valence-corrected chi connectivity index (χ4v) is 1.28. The molecule has 0 fully saturated rings. The van der Waals surface area contributed by atoms with Gasteiger partial charge in [0, 0.05) is 0 Å². The molecule has 6 heteroatoms. The van der Waals surface area contributed by atoms with E-state index in [0.717, 1.165) is 19.3 Å². The molecule has 0 heterocycles. The van der Waals surface area contributed by atoms with Crippen LogP contribution in [0.1, 0.15) is 39.0 Å². The third kappa shape index (κ3) is 8.50. The number of carboxylic acids is 1. The van der Waals surface area contributed by atoms with E-state index in [0.29, 0.717) is 26.0 Å². The first-order valence-electron chi connectivity index (χ1n) is 5.98. The lowest BCUT2D eigenvalue weighted by molar-refractivity contribution is -0.139. The summed E-state index contributed by atoms with van der Waals surface area (Å²) in [7, 11) is 0. The third-order valence-electron chi connectivity index (χ3n) is 2.27. The van der Waals surface area contributed by atoms with E-state index in [1.165, 1.54) is 0 Å². The van der Waals surface area contributed by atoms with E-state index in [-0.39, 0.29) is 0 Å². The summed E-state index contributed by atoms with van der Waals surface area (Å²) >= 11 is 0. The van der Waals surface area contributed by atoms with Crippen LogP contribution in [0.15, 0.2) is 0 Å². The molecule has 17 heavy (non-hydrogen) atoms. The second-order valence-corrected chi connectivity index (χ2v) is 3.81. The standard InChI is InChI=1S/C11H22N2O4/c1-2-3-4-8-17-11(16)13-9(10(14)15)6-5-7-12/h9H,2-8,12H2,1H3,(H,13,16)(H,14,15)/t9-/m0/s1. The Bertz CT molecular complexity index is 234. The maximum atomic E-state index is 11.3. The van der Waals surface area contributed by atoms with Gasteiger partial charge in [0.15, 0.2) is 0 Å². The predicted octanol–water partition coefficient (Wildman–Crippen LogP) is 1.09. The van der Waals surface area contributed by atoms with Gasteiger partial charge in [-0.2, -0.15) is 0 Å². The molecular formula is C11H22N2O4. The van der Waals surface area contributed by atoms with Crippen LogP contribution in [0.3, 0.4) is 0 Å². The third-order valence-corrected chi connectivity index (χ3v) is 2.27. The Labute approximate surface area is 102 Å². The molecule has 0 saturated carbocycles. The normalized spacial score (nSPS) is 11.9. The number of nitrogens with two attached hydrogens (primary N) is 1. The Morgan fingerprint density at radius 2 is 2.06 bits per heavy atom. The maximum absolute atomic E-state index is 11.3. The van der Waals surface area contributed by atoms with Crippen molar-refractivity contribution >= 4 is 12.1 Å². The Hall–Kier alpha value is -1.30. The van der Waals surface area contributed by atoms with Gasteiger partial charge in [0.25, 0.3) is 0 Å². The van der Waals surface area contributed by atoms with Crippen molar-refractivity contribution in [3.05, 3.63) is 0 Å². The average molecular weight is 246 g/mol. The van der Waals surface area contributed by atoms with E-state index in [1.54, 1.807) is 0 Å². The summed E-state index contributed by atoms with van der Waals surface area (Å²) in [4.78, 5) is 22.1. The number of hydrogen-bond acceptors (Lipinski definition) is 4. The molecule has 0 rings (SSSR count). The number of alkyl carbamates (subject to hydrolysis) is 1. The first-order valence-corrected chi connectivity index (χ1v) is 5.98. The minimum Gasteiger partial charge on any atom is -0.480 e. The van der Waals surface area contributed by atoms with Crippen molar-refractivity contribution in [1.82, 2.24) is 5.32 Å². The number of ether oxygens (including phenoxy) is 1. The van der Waals surface area contributed by atoms with E-state index < -0.39 is 18.1 Å². The van der Waals surface area contributed by atoms with E-state index in [9.17, 15) is 9.59 Å². The van der Waals surface area contributed by atoms with Crippen molar-refractivity contribution in [2.45, 2.75) is 45.1 Å². The predicted molar refractivity (Wildman–Crippen MR) is 63.7 cm³/mol. The number of rotatable bonds is 9. The van der Waals surface area contributed by atoms with Crippen LogP contribution >= 0.6 is 0 Å². The molecule has 1 atom stereocenters. The lowest BCUT2D eigenvalue weighted by atomic mass is 10.1. The van der Waals surface area contributed by atoms with Crippen LogP contribution in [0.25, 0.3) is 0 Å². The minimum atomic E-state index is -1.07. The molecule has 0 aromatic rings. The molecule has 6 nitrogen and oxygen atoms in total. The van der Waals surface area contributed by atoms with Gasteiger partial charge in [-0.25, -0.2) is 9.59 Å². The summed E-state index contributed by atoms with van der Waals surface area (Å²) in [5.74, 6) is -1.07. The van der Waals surface area contributed by atoms with Crippen LogP contribution in [0.2, 0.25) is 0 Å². The first-order chi connectivity index (χ1) is 8.11. The van der Waals surface area contributed by atoms with Gasteiger partial charge < -0.3 is 20.9 Å². The lowest BCUT2D eigenvalue weighted by Crippen LogP contribution is -2.41. The van der Waals surface area contributed by atoms with Crippen molar-refractivity contribution in [2.75, 3.05) is 13.2 Å². The van der Waals surface area contributed by atoms with E-state index in [2.05, 4.69) is 5.32 Å². The highest BCUT2D eigenvalue weighted by atomic mass is 16.5. The quantitative estimate of drug-likeness (QED) is 0.529. The average Bonchev–Trinajstić information content (AvgIpc) is 2.29. The van der Waals surface area contributed by atoms with E-state index in [1.807, 2.05) is 6.92 Å². The fourth-order valence-electron chi connectivity index (χ4n) is 1.28. The van der Waals surface area contributed by atoms with Crippen LogP contribution in [-0.2, 0) is 9.53 Å². The van der Waals surface area contributed by atoms with Gasteiger partial charge in [-0.1, -0.05) is 19.8 Å². The van der Waals surface area contributed by atoms with Gasteiger partial charge in [0.2, 0.25) is 0 Å². The van der Waals surface area contributed by atoms with Gasteiger partial charge >= 0.3 is 12.1 Å². The second kappa shape index (κ2) is 9.89. The SMILES string of the molecule is CCCCCOC(=O)N[C@@H](CCCN)C(=O)O. The Kier molecular flexibility index (Phi) is 9.14. The monoisotopic (exact) mass is 246 g/mol. The molecule has 100 valence electrons. The van der Waals surface area contributed by atoms with Crippen LogP contribution in [0.5, 0.6) is 0 Å². The number of carbonyl (C=O) groups is 2. The number of unbranched alkanes of at least 4 members (excludes halogenated alkanes) is 2. The summed E-state index contributed by atoms with van der Waals surface area (Å²) < 4.78 is 4.86. The number of amides is 1. The van der Waals surface area contributed by atoms with E-state index >= 15 is 0 Å². The number of carbonyl (C=O) groups excluding carboxylic acids is 1. The molecule has 0 aliphatic carbocycles. The Morgan fingerprint density at radius 3 is 2.59 bits per heavy atom. The van der Waals surface area contributed by atoms with Crippen LogP contribution in [-0.4, -0.2) is 36.4 Å². The van der Waals surface area contributed by atoms with Crippen molar-refractivity contribution in [3.63, 3.8) is 0 Å². The smallest absolute Gasteiger partial charge is 0.407 e. The topological polar surface area (TPSA) is 102 Å². The highest BCUT2D eigenvalue weighted by Gasteiger charge is 2.19. The first kappa shape index (κ1) is 15.7. The van der Waals surface area contributed by atoms with E-state index in [4.69, 9.17) is 15.6 Å². The van der Waals surface area contributed by atoms with Crippen LogP contribution in [0.4, 0.5) is 4.79 Å². The molecular weight excluding hydrogens is 224 g/mol. The zero-order chi connectivity index (χ0) is 13.1. The van der Waals surface area contributed by atoms with Gasteiger partial charge in [0.1, 0.15) is 6.04 Å². The van der Waals surface area contributed by atoms with Gasteiger partial charge in [-0.15, -0.1) is 0 Å². The molecule has 0 aromatic carbocycles. The second-order valence-electron chi connectivity index (χ2n) is 3.81. The molecule has 0 aliphatic rings. The van der Waals surface area contributed by atoms with Crippen LogP contribution < -0.4 is 11.1 Å². The lowest BCUT2D eigenvalue weighted by Gasteiger charge is -2.13. The molecule has 1 amide bonds. The van der Waals surface area contributed by atoms with Crippen molar-refractivity contribution < 1.29 is 19.4 Å². The van der Waals surface area contributed by atoms with Gasteiger partial charge in [-0.05, 0) is 25.8 Å². The summed E-state index contributed by atoms with van der Waals surface area (Å²) in [5, 5.41) is 11.2. The number of aliphatic carboxylic acids is 1. The Balaban J connectivity index is 3.83. The van der Waals surface area contributed by atoms with Crippen molar-refractivity contribution in [1.29, 1.82) is 0 Å². The molecule has 0 radical (unpaired) electrons. The minimum absolute atomic E-state index is 0.315. The number of carboxylic acid groups (broad SMARTS) is 1. The molecule has 0 spiro atoms. The molecule has 0 aromatic heterocycles.